The molecule has 0 fully saturated rings. The minimum absolute atomic E-state index is 0.0682. The summed E-state index contributed by atoms with van der Waals surface area (Å²) in [6.45, 7) is -0.132. The number of fused-ring (bicyclic) bond motifs is 1. The summed E-state index contributed by atoms with van der Waals surface area (Å²) in [5.41, 5.74) is 2.30. The number of hydrogen-bond acceptors (Lipinski definition) is 4. The Kier molecular flexibility index (Phi) is 6.69. The summed E-state index contributed by atoms with van der Waals surface area (Å²) in [7, 11) is 0. The van der Waals surface area contributed by atoms with E-state index in [4.69, 9.17) is 0 Å². The van der Waals surface area contributed by atoms with Crippen molar-refractivity contribution in [3.05, 3.63) is 95.2 Å². The van der Waals surface area contributed by atoms with Crippen molar-refractivity contribution < 1.29 is 23.1 Å². The molecule has 2 N–H and O–H groups in total. The van der Waals surface area contributed by atoms with Gasteiger partial charge >= 0.3 is 0 Å². The van der Waals surface area contributed by atoms with Gasteiger partial charge in [0, 0.05) is 19.0 Å². The van der Waals surface area contributed by atoms with E-state index in [0.717, 1.165) is 12.1 Å². The highest BCUT2D eigenvalue weighted by molar-refractivity contribution is 5.77. The van der Waals surface area contributed by atoms with Crippen LogP contribution in [0.2, 0.25) is 0 Å². The first-order valence-corrected chi connectivity index (χ1v) is 10.3. The fourth-order valence-electron chi connectivity index (χ4n) is 3.60. The van der Waals surface area contributed by atoms with Gasteiger partial charge in [-0.15, -0.1) is 0 Å². The number of halogens is 3. The maximum atomic E-state index is 13.7. The maximum Gasteiger partial charge on any atom is 0.221 e. The number of hydrogen-bond donors (Lipinski definition) is 2. The first-order chi connectivity index (χ1) is 15.9. The Hall–Kier alpha value is -3.72. The van der Waals surface area contributed by atoms with Crippen molar-refractivity contribution in [1.82, 2.24) is 19.9 Å². The largest absolute Gasteiger partial charge is 0.394 e. The molecule has 0 aliphatic heterocycles. The Morgan fingerprint density at radius 3 is 2.58 bits per heavy atom. The smallest absolute Gasteiger partial charge is 0.221 e. The van der Waals surface area contributed by atoms with Crippen LogP contribution in [-0.4, -0.2) is 32.2 Å². The minimum Gasteiger partial charge on any atom is -0.394 e. The third-order valence-electron chi connectivity index (χ3n) is 5.27. The summed E-state index contributed by atoms with van der Waals surface area (Å²) in [5.74, 6) is -2.04. The molecule has 4 aromatic rings. The lowest BCUT2D eigenvalue weighted by Gasteiger charge is -2.17. The average Bonchev–Trinajstić information content (AvgIpc) is 3.16. The number of pyridine rings is 1. The van der Waals surface area contributed by atoms with E-state index in [2.05, 4.69) is 15.3 Å². The predicted molar refractivity (Wildman–Crippen MR) is 116 cm³/mol. The summed E-state index contributed by atoms with van der Waals surface area (Å²) in [4.78, 5) is 21.4. The average molecular weight is 454 g/mol. The zero-order chi connectivity index (χ0) is 23.4. The topological polar surface area (TPSA) is 80.0 Å². The van der Waals surface area contributed by atoms with E-state index < -0.39 is 23.5 Å². The van der Waals surface area contributed by atoms with Crippen molar-refractivity contribution in [2.75, 3.05) is 6.61 Å². The molecule has 2 aromatic heterocycles. The highest BCUT2D eigenvalue weighted by Crippen LogP contribution is 2.19. The van der Waals surface area contributed by atoms with Gasteiger partial charge in [-0.25, -0.2) is 23.1 Å². The summed E-state index contributed by atoms with van der Waals surface area (Å²) >= 11 is 0. The van der Waals surface area contributed by atoms with Gasteiger partial charge in [0.15, 0.2) is 17.3 Å². The normalized spacial score (nSPS) is 12.1. The standard InChI is InChI=1S/C24H21F3N4O2/c25-17-6-4-16(5-7-17)21(14-32)30-23(33)10-9-22-29-20-2-1-11-28-24(20)31(22)13-15-3-8-18(26)19(27)12-15/h1-8,11-12,21,32H,9-10,13-14H2,(H,30,33). The number of aliphatic hydroxyl groups excluding tert-OH is 1. The molecule has 4 rings (SSSR count). The van der Waals surface area contributed by atoms with Crippen molar-refractivity contribution in [3.63, 3.8) is 0 Å². The number of imidazole rings is 1. The summed E-state index contributed by atoms with van der Waals surface area (Å²) in [6, 6.07) is 12.1. The van der Waals surface area contributed by atoms with E-state index in [0.29, 0.717) is 28.1 Å². The first kappa shape index (κ1) is 22.5. The molecule has 0 radical (unpaired) electrons. The van der Waals surface area contributed by atoms with Crippen molar-refractivity contribution in [1.29, 1.82) is 0 Å². The third-order valence-corrected chi connectivity index (χ3v) is 5.27. The van der Waals surface area contributed by atoms with Crippen LogP contribution in [0, 0.1) is 17.5 Å². The number of carbonyl (C=O) groups is 1. The van der Waals surface area contributed by atoms with Crippen LogP contribution in [0.4, 0.5) is 13.2 Å². The highest BCUT2D eigenvalue weighted by Gasteiger charge is 2.17. The van der Waals surface area contributed by atoms with E-state index >= 15 is 0 Å². The quantitative estimate of drug-likeness (QED) is 0.426. The van der Waals surface area contributed by atoms with Crippen molar-refractivity contribution >= 4 is 17.1 Å². The van der Waals surface area contributed by atoms with Crippen LogP contribution < -0.4 is 5.32 Å². The summed E-state index contributed by atoms with van der Waals surface area (Å²) < 4.78 is 41.9. The second-order valence-corrected chi connectivity index (χ2v) is 7.56. The van der Waals surface area contributed by atoms with Crippen LogP contribution in [0.15, 0.2) is 60.8 Å². The van der Waals surface area contributed by atoms with E-state index in [1.165, 1.54) is 30.3 Å². The van der Waals surface area contributed by atoms with Gasteiger partial charge in [-0.2, -0.15) is 0 Å². The molecule has 0 saturated carbocycles. The number of aryl methyl sites for hydroxylation is 1. The lowest BCUT2D eigenvalue weighted by Crippen LogP contribution is -2.31. The molecule has 2 aromatic carbocycles. The lowest BCUT2D eigenvalue weighted by molar-refractivity contribution is -0.122. The Morgan fingerprint density at radius 2 is 1.85 bits per heavy atom. The molecule has 33 heavy (non-hydrogen) atoms. The number of amides is 1. The van der Waals surface area contributed by atoms with Gasteiger partial charge in [0.25, 0.3) is 0 Å². The molecular weight excluding hydrogens is 433 g/mol. The SMILES string of the molecule is O=C(CCc1nc2cccnc2n1Cc1ccc(F)c(F)c1)NC(CO)c1ccc(F)cc1. The Bertz CT molecular complexity index is 1270. The maximum absolute atomic E-state index is 13.7. The number of nitrogens with one attached hydrogen (secondary N) is 1. The van der Waals surface area contributed by atoms with Crippen molar-refractivity contribution in [3.8, 4) is 0 Å². The van der Waals surface area contributed by atoms with Crippen LogP contribution in [0.25, 0.3) is 11.2 Å². The Morgan fingerprint density at radius 1 is 1.06 bits per heavy atom. The van der Waals surface area contributed by atoms with Crippen LogP contribution in [0.5, 0.6) is 0 Å². The second kappa shape index (κ2) is 9.83. The molecule has 0 bridgehead atoms. The van der Waals surface area contributed by atoms with Gasteiger partial charge in [-0.3, -0.25) is 4.79 Å². The molecule has 2 heterocycles. The number of aromatic nitrogens is 3. The van der Waals surface area contributed by atoms with Crippen molar-refractivity contribution in [2.24, 2.45) is 0 Å². The Labute approximate surface area is 187 Å². The predicted octanol–water partition coefficient (Wildman–Crippen LogP) is 3.68. The molecule has 0 spiro atoms. The highest BCUT2D eigenvalue weighted by atomic mass is 19.2. The van der Waals surface area contributed by atoms with E-state index in [-0.39, 0.29) is 31.9 Å². The molecule has 0 aliphatic carbocycles. The fourth-order valence-corrected chi connectivity index (χ4v) is 3.60. The molecule has 0 aliphatic rings. The van der Waals surface area contributed by atoms with E-state index in [1.54, 1.807) is 22.9 Å². The number of nitrogens with zero attached hydrogens (tertiary/aromatic N) is 3. The van der Waals surface area contributed by atoms with Gasteiger partial charge in [0.1, 0.15) is 17.2 Å². The summed E-state index contributed by atoms with van der Waals surface area (Å²) in [5, 5.41) is 12.4. The zero-order valence-corrected chi connectivity index (χ0v) is 17.5. The van der Waals surface area contributed by atoms with Crippen LogP contribution in [0.1, 0.15) is 29.4 Å². The van der Waals surface area contributed by atoms with Gasteiger partial charge < -0.3 is 15.0 Å². The summed E-state index contributed by atoms with van der Waals surface area (Å²) in [6.07, 6.45) is 1.93. The minimum atomic E-state index is -0.943. The molecule has 1 unspecified atom stereocenters. The Balaban J connectivity index is 1.50. The fraction of sp³-hybridized carbons (Fsp3) is 0.208. The number of benzene rings is 2. The number of rotatable bonds is 8. The zero-order valence-electron chi connectivity index (χ0n) is 17.5. The first-order valence-electron chi connectivity index (χ1n) is 10.3. The molecule has 1 amide bonds. The van der Waals surface area contributed by atoms with Crippen LogP contribution >= 0.6 is 0 Å². The van der Waals surface area contributed by atoms with E-state index in [1.807, 2.05) is 0 Å². The molecule has 0 saturated heterocycles. The lowest BCUT2D eigenvalue weighted by atomic mass is 10.1. The van der Waals surface area contributed by atoms with Crippen LogP contribution in [-0.2, 0) is 17.8 Å². The van der Waals surface area contributed by atoms with Gasteiger partial charge in [-0.05, 0) is 47.5 Å². The monoisotopic (exact) mass is 454 g/mol. The van der Waals surface area contributed by atoms with E-state index in [9.17, 15) is 23.1 Å². The number of carbonyl (C=O) groups excluding carboxylic acids is 1. The third kappa shape index (κ3) is 5.20. The molecule has 1 atom stereocenters. The van der Waals surface area contributed by atoms with Crippen LogP contribution in [0.3, 0.4) is 0 Å². The number of aliphatic hydroxyl groups is 1. The van der Waals surface area contributed by atoms with Gasteiger partial charge in [0.05, 0.1) is 19.2 Å². The van der Waals surface area contributed by atoms with Gasteiger partial charge in [-0.1, -0.05) is 18.2 Å². The molecular formula is C24H21F3N4O2. The van der Waals surface area contributed by atoms with Gasteiger partial charge in [0.2, 0.25) is 5.91 Å². The molecule has 6 nitrogen and oxygen atoms in total. The molecule has 170 valence electrons. The second-order valence-electron chi connectivity index (χ2n) is 7.56. The van der Waals surface area contributed by atoms with Crippen molar-refractivity contribution in [2.45, 2.75) is 25.4 Å². The molecule has 9 heteroatoms.